The van der Waals surface area contributed by atoms with E-state index in [0.29, 0.717) is 6.61 Å². The Labute approximate surface area is 79.8 Å². The van der Waals surface area contributed by atoms with Crippen LogP contribution in [0.5, 0.6) is 0 Å². The van der Waals surface area contributed by atoms with E-state index in [-0.39, 0.29) is 0 Å². The van der Waals surface area contributed by atoms with Gasteiger partial charge >= 0.3 is 6.09 Å². The molecular weight excluding hydrogens is 170 g/mol. The molecule has 0 aromatic carbocycles. The van der Waals surface area contributed by atoms with Gasteiger partial charge in [0.1, 0.15) is 0 Å². The number of aliphatic hydroxyl groups is 1. The highest BCUT2D eigenvalue weighted by Crippen LogP contribution is 2.03. The maximum atomic E-state index is 8.78. The molecule has 0 bridgehead atoms. The van der Waals surface area contributed by atoms with Crippen LogP contribution in [0.25, 0.3) is 0 Å². The molecule has 0 heterocycles. The molecule has 4 nitrogen and oxygen atoms in total. The lowest BCUT2D eigenvalue weighted by atomic mass is 10.1. The summed E-state index contributed by atoms with van der Waals surface area (Å²) in [6.07, 6.45) is 6.16. The van der Waals surface area contributed by atoms with Gasteiger partial charge in [0.05, 0.1) is 0 Å². The molecule has 0 aliphatic carbocycles. The number of carboxylic acid groups (broad SMARTS) is 1. The van der Waals surface area contributed by atoms with E-state index in [1.165, 1.54) is 32.1 Å². The van der Waals surface area contributed by atoms with Gasteiger partial charge < -0.3 is 15.9 Å². The maximum absolute atomic E-state index is 8.78. The normalized spacial score (nSPS) is 8.77. The second kappa shape index (κ2) is 13.8. The average molecular weight is 191 g/mol. The molecule has 80 valence electrons. The molecule has 0 spiro atoms. The summed E-state index contributed by atoms with van der Waals surface area (Å²) >= 11 is 0. The number of amides is 1. The molecule has 0 atom stereocenters. The zero-order chi connectivity index (χ0) is 10.5. The van der Waals surface area contributed by atoms with Crippen molar-refractivity contribution in [2.24, 2.45) is 5.73 Å². The Morgan fingerprint density at radius 3 is 1.92 bits per heavy atom. The van der Waals surface area contributed by atoms with Crippen LogP contribution >= 0.6 is 0 Å². The fourth-order valence-corrected chi connectivity index (χ4v) is 0.892. The highest BCUT2D eigenvalue weighted by Gasteiger charge is 1.86. The summed E-state index contributed by atoms with van der Waals surface area (Å²) < 4.78 is 0. The molecule has 4 N–H and O–H groups in total. The van der Waals surface area contributed by atoms with Crippen LogP contribution in [0.4, 0.5) is 4.79 Å². The topological polar surface area (TPSA) is 83.5 Å². The predicted molar refractivity (Wildman–Crippen MR) is 52.7 cm³/mol. The van der Waals surface area contributed by atoms with Crippen molar-refractivity contribution >= 4 is 6.09 Å². The molecule has 1 amide bonds. The Morgan fingerprint density at radius 2 is 1.54 bits per heavy atom. The van der Waals surface area contributed by atoms with Gasteiger partial charge in [0.25, 0.3) is 0 Å². The monoisotopic (exact) mass is 191 g/mol. The number of hydrogen-bond acceptors (Lipinski definition) is 2. The van der Waals surface area contributed by atoms with Crippen molar-refractivity contribution in [2.75, 3.05) is 6.61 Å². The van der Waals surface area contributed by atoms with Crippen LogP contribution in [0.2, 0.25) is 0 Å². The molecule has 4 heteroatoms. The molecule has 0 aromatic heterocycles. The number of unbranched alkanes of at least 4 members (excludes halogenated alkanes) is 5. The first kappa shape index (κ1) is 14.7. The first-order valence-electron chi connectivity index (χ1n) is 4.74. The van der Waals surface area contributed by atoms with E-state index >= 15 is 0 Å². The molecule has 0 saturated heterocycles. The van der Waals surface area contributed by atoms with Crippen LogP contribution in [0, 0.1) is 0 Å². The summed E-state index contributed by atoms with van der Waals surface area (Å²) in [6, 6.07) is 0. The van der Waals surface area contributed by atoms with E-state index in [9.17, 15) is 0 Å². The van der Waals surface area contributed by atoms with Gasteiger partial charge in [-0.1, -0.05) is 39.0 Å². The second-order valence-electron chi connectivity index (χ2n) is 2.83. The molecule has 13 heavy (non-hydrogen) atoms. The van der Waals surface area contributed by atoms with Crippen molar-refractivity contribution in [1.29, 1.82) is 0 Å². The van der Waals surface area contributed by atoms with Crippen LogP contribution in [0.3, 0.4) is 0 Å². The third-order valence-corrected chi connectivity index (χ3v) is 1.51. The van der Waals surface area contributed by atoms with Gasteiger partial charge in [0.2, 0.25) is 0 Å². The highest BCUT2D eigenvalue weighted by atomic mass is 16.4. The van der Waals surface area contributed by atoms with Gasteiger partial charge in [-0.15, -0.1) is 0 Å². The molecule has 0 fully saturated rings. The van der Waals surface area contributed by atoms with E-state index < -0.39 is 6.09 Å². The average Bonchev–Trinajstić information content (AvgIpc) is 2.03. The maximum Gasteiger partial charge on any atom is 0.402 e. The molecule has 0 unspecified atom stereocenters. The van der Waals surface area contributed by atoms with Crippen molar-refractivity contribution in [3.8, 4) is 0 Å². The van der Waals surface area contributed by atoms with E-state index in [1.807, 2.05) is 0 Å². The first-order chi connectivity index (χ1) is 6.15. The van der Waals surface area contributed by atoms with E-state index in [2.05, 4.69) is 12.7 Å². The van der Waals surface area contributed by atoms with Crippen LogP contribution in [-0.4, -0.2) is 22.9 Å². The number of nitrogens with two attached hydrogens (primary N) is 1. The lowest BCUT2D eigenvalue weighted by molar-refractivity contribution is 0.205. The summed E-state index contributed by atoms with van der Waals surface area (Å²) in [5.41, 5.74) is 4.03. The van der Waals surface area contributed by atoms with Crippen molar-refractivity contribution in [1.82, 2.24) is 0 Å². The highest BCUT2D eigenvalue weighted by molar-refractivity contribution is 5.61. The SMILES string of the molecule is CCCCCCCCO.NC(=O)O. The van der Waals surface area contributed by atoms with Crippen molar-refractivity contribution in [3.63, 3.8) is 0 Å². The minimum atomic E-state index is -1.33. The predicted octanol–water partition coefficient (Wildman–Crippen LogP) is 1.96. The van der Waals surface area contributed by atoms with Gasteiger partial charge in [-0.05, 0) is 6.42 Å². The molecule has 0 radical (unpaired) electrons. The number of primary amides is 1. The third-order valence-electron chi connectivity index (χ3n) is 1.51. The number of rotatable bonds is 6. The number of hydrogen-bond donors (Lipinski definition) is 3. The lowest BCUT2D eigenvalue weighted by Crippen LogP contribution is -2.03. The van der Waals surface area contributed by atoms with Gasteiger partial charge in [-0.2, -0.15) is 0 Å². The van der Waals surface area contributed by atoms with Gasteiger partial charge in [-0.3, -0.25) is 0 Å². The standard InChI is InChI=1S/C8H18O.CH3NO2/c1-2-3-4-5-6-7-8-9;2-1(3)4/h9H,2-8H2,1H3;2H2,(H,3,4). The number of aliphatic hydroxyl groups excluding tert-OH is 1. The van der Waals surface area contributed by atoms with Crippen molar-refractivity contribution < 1.29 is 15.0 Å². The van der Waals surface area contributed by atoms with Gasteiger partial charge in [0.15, 0.2) is 0 Å². The van der Waals surface area contributed by atoms with Crippen LogP contribution in [0.15, 0.2) is 0 Å². The fraction of sp³-hybridized carbons (Fsp3) is 0.889. The zero-order valence-electron chi connectivity index (χ0n) is 8.33. The van der Waals surface area contributed by atoms with E-state index in [4.69, 9.17) is 15.0 Å². The smallest absolute Gasteiger partial charge is 0.402 e. The fourth-order valence-electron chi connectivity index (χ4n) is 0.892. The summed E-state index contributed by atoms with van der Waals surface area (Å²) in [6.45, 7) is 2.58. The van der Waals surface area contributed by atoms with Crippen molar-refractivity contribution in [3.05, 3.63) is 0 Å². The largest absolute Gasteiger partial charge is 0.465 e. The van der Waals surface area contributed by atoms with Gasteiger partial charge in [0, 0.05) is 6.61 Å². The minimum Gasteiger partial charge on any atom is -0.465 e. The summed E-state index contributed by atoms with van der Waals surface area (Å²) in [4.78, 5) is 8.78. The minimum absolute atomic E-state index is 0.367. The molecular formula is C9H21NO3. The lowest BCUT2D eigenvalue weighted by Gasteiger charge is -1.95. The van der Waals surface area contributed by atoms with Crippen LogP contribution in [-0.2, 0) is 0 Å². The van der Waals surface area contributed by atoms with Crippen LogP contribution < -0.4 is 5.73 Å². The summed E-state index contributed by atoms with van der Waals surface area (Å²) in [5.74, 6) is 0. The Morgan fingerprint density at radius 1 is 1.15 bits per heavy atom. The van der Waals surface area contributed by atoms with E-state index in [1.54, 1.807) is 0 Å². The molecule has 0 saturated carbocycles. The Bertz CT molecular complexity index is 97.0. The van der Waals surface area contributed by atoms with Crippen molar-refractivity contribution in [2.45, 2.75) is 45.4 Å². The quantitative estimate of drug-likeness (QED) is 0.561. The van der Waals surface area contributed by atoms with E-state index in [0.717, 1.165) is 6.42 Å². The summed E-state index contributed by atoms with van der Waals surface area (Å²) in [5, 5.41) is 15.6. The Kier molecular flexibility index (Phi) is 15.6. The molecule has 0 aliphatic rings. The second-order valence-corrected chi connectivity index (χ2v) is 2.83. The Balaban J connectivity index is 0. The zero-order valence-corrected chi connectivity index (χ0v) is 8.33. The number of carbonyl (C=O) groups is 1. The first-order valence-corrected chi connectivity index (χ1v) is 4.74. The Hall–Kier alpha value is -0.770. The van der Waals surface area contributed by atoms with Gasteiger partial charge in [-0.25, -0.2) is 4.79 Å². The molecule has 0 rings (SSSR count). The summed E-state index contributed by atoms with van der Waals surface area (Å²) in [7, 11) is 0. The van der Waals surface area contributed by atoms with Crippen LogP contribution in [0.1, 0.15) is 45.4 Å². The third kappa shape index (κ3) is 35.0. The molecule has 0 aliphatic heterocycles. The molecule has 0 aromatic rings.